The van der Waals surface area contributed by atoms with Gasteiger partial charge >= 0.3 is 0 Å². The number of allylic oxidation sites excluding steroid dienone is 1. The summed E-state index contributed by atoms with van der Waals surface area (Å²) in [5.41, 5.74) is 2.93. The quantitative estimate of drug-likeness (QED) is 0.546. The predicted molar refractivity (Wildman–Crippen MR) is 135 cm³/mol. The minimum atomic E-state index is -3.93. The lowest BCUT2D eigenvalue weighted by atomic mass is 9.77. The standard InChI is InChI=1S/C28H28N2O4S/c1-20-12-14-23(15-13-20)35(33,34)30-17-16-28(26(30)18-21(2)31)24-10-6-7-11-25(24)29(27(28)32)19-22-8-4-3-5-9-22/h3-15,18,27,32H,16-17,19H2,1-2H3/t27-,28+/m0/s1. The first-order chi connectivity index (χ1) is 16.7. The molecule has 180 valence electrons. The van der Waals surface area contributed by atoms with Gasteiger partial charge in [-0.15, -0.1) is 0 Å². The van der Waals surface area contributed by atoms with Gasteiger partial charge in [0.05, 0.1) is 10.3 Å². The van der Waals surface area contributed by atoms with Gasteiger partial charge in [-0.05, 0) is 49.6 Å². The van der Waals surface area contributed by atoms with E-state index in [2.05, 4.69) is 0 Å². The van der Waals surface area contributed by atoms with Crippen LogP contribution in [0.2, 0.25) is 0 Å². The summed E-state index contributed by atoms with van der Waals surface area (Å²) in [7, 11) is -3.93. The Kier molecular flexibility index (Phi) is 5.77. The van der Waals surface area contributed by atoms with Crippen LogP contribution in [0.1, 0.15) is 30.0 Å². The third-order valence-electron chi connectivity index (χ3n) is 7.01. The van der Waals surface area contributed by atoms with Crippen molar-refractivity contribution in [1.82, 2.24) is 4.31 Å². The van der Waals surface area contributed by atoms with Crippen molar-refractivity contribution in [3.8, 4) is 0 Å². The van der Waals surface area contributed by atoms with Gasteiger partial charge in [0, 0.05) is 30.5 Å². The van der Waals surface area contributed by atoms with Crippen molar-refractivity contribution in [1.29, 1.82) is 0 Å². The van der Waals surface area contributed by atoms with Crippen LogP contribution < -0.4 is 4.90 Å². The summed E-state index contributed by atoms with van der Waals surface area (Å²) in [6.45, 7) is 3.93. The van der Waals surface area contributed by atoms with Gasteiger partial charge < -0.3 is 10.0 Å². The summed E-state index contributed by atoms with van der Waals surface area (Å²) in [5.74, 6) is -0.267. The first kappa shape index (κ1) is 23.3. The SMILES string of the molecule is CC(=O)C=C1N(S(=O)(=O)c2ccc(C)cc2)CC[C@@]12c1ccccc1N(Cc1ccccc1)[C@H]2O. The number of rotatable bonds is 5. The maximum Gasteiger partial charge on any atom is 0.264 e. The zero-order valence-corrected chi connectivity index (χ0v) is 20.6. The average Bonchev–Trinajstić information content (AvgIpc) is 3.33. The summed E-state index contributed by atoms with van der Waals surface area (Å²) in [6, 6.07) is 24.2. The van der Waals surface area contributed by atoms with Crippen LogP contribution in [0.25, 0.3) is 0 Å². The monoisotopic (exact) mass is 488 g/mol. The Balaban J connectivity index is 1.64. The molecule has 0 bridgehead atoms. The first-order valence-corrected chi connectivity index (χ1v) is 13.1. The first-order valence-electron chi connectivity index (χ1n) is 11.7. The molecule has 0 amide bonds. The second kappa shape index (κ2) is 8.66. The number of sulfonamides is 1. The highest BCUT2D eigenvalue weighted by Crippen LogP contribution is 2.56. The minimum Gasteiger partial charge on any atom is -0.372 e. The number of aliphatic hydroxyl groups is 1. The van der Waals surface area contributed by atoms with Crippen molar-refractivity contribution in [2.24, 2.45) is 0 Å². The fourth-order valence-corrected chi connectivity index (χ4v) is 6.89. The zero-order valence-electron chi connectivity index (χ0n) is 19.8. The summed E-state index contributed by atoms with van der Waals surface area (Å²) >= 11 is 0. The number of para-hydroxylation sites is 1. The molecule has 2 aliphatic heterocycles. The number of carbonyl (C=O) groups is 1. The number of fused-ring (bicyclic) bond motifs is 2. The van der Waals surface area contributed by atoms with Gasteiger partial charge in [-0.3, -0.25) is 9.10 Å². The number of benzene rings is 3. The Morgan fingerprint density at radius 1 is 1.03 bits per heavy atom. The van der Waals surface area contributed by atoms with Gasteiger partial charge in [-0.1, -0.05) is 66.2 Å². The number of aliphatic hydroxyl groups excluding tert-OH is 1. The van der Waals surface area contributed by atoms with E-state index < -0.39 is 21.7 Å². The molecular formula is C28H28N2O4S. The molecule has 0 saturated carbocycles. The van der Waals surface area contributed by atoms with Crippen LogP contribution in [0.15, 0.2) is 95.5 Å². The molecule has 2 heterocycles. The Bertz CT molecular complexity index is 1400. The maximum atomic E-state index is 13.7. The largest absolute Gasteiger partial charge is 0.372 e. The molecule has 1 N–H and O–H groups in total. The second-order valence-electron chi connectivity index (χ2n) is 9.26. The molecular weight excluding hydrogens is 460 g/mol. The molecule has 0 radical (unpaired) electrons. The normalized spacial score (nSPS) is 22.7. The van der Waals surface area contributed by atoms with Crippen LogP contribution in [-0.4, -0.2) is 36.4 Å². The highest BCUT2D eigenvalue weighted by molar-refractivity contribution is 7.89. The lowest BCUT2D eigenvalue weighted by molar-refractivity contribution is -0.112. The Labute approximate surface area is 206 Å². The molecule has 2 atom stereocenters. The van der Waals surface area contributed by atoms with Gasteiger partial charge in [0.1, 0.15) is 6.23 Å². The highest BCUT2D eigenvalue weighted by Gasteiger charge is 2.59. The molecule has 3 aromatic rings. The van der Waals surface area contributed by atoms with Crippen molar-refractivity contribution in [2.45, 2.75) is 43.4 Å². The molecule has 1 saturated heterocycles. The molecule has 3 aromatic carbocycles. The summed E-state index contributed by atoms with van der Waals surface area (Å²) < 4.78 is 28.8. The second-order valence-corrected chi connectivity index (χ2v) is 11.1. The van der Waals surface area contributed by atoms with Crippen LogP contribution in [0.3, 0.4) is 0 Å². The number of anilines is 1. The summed E-state index contributed by atoms with van der Waals surface area (Å²) in [4.78, 5) is 14.5. The van der Waals surface area contributed by atoms with Crippen LogP contribution in [0, 0.1) is 6.92 Å². The van der Waals surface area contributed by atoms with Crippen molar-refractivity contribution in [3.63, 3.8) is 0 Å². The highest BCUT2D eigenvalue weighted by atomic mass is 32.2. The smallest absolute Gasteiger partial charge is 0.264 e. The fourth-order valence-electron chi connectivity index (χ4n) is 5.35. The van der Waals surface area contributed by atoms with E-state index in [9.17, 15) is 18.3 Å². The third-order valence-corrected chi connectivity index (χ3v) is 8.84. The van der Waals surface area contributed by atoms with Gasteiger partial charge in [0.2, 0.25) is 0 Å². The summed E-state index contributed by atoms with van der Waals surface area (Å²) in [5, 5.41) is 11.8. The number of aryl methyl sites for hydroxylation is 1. The van der Waals surface area contributed by atoms with E-state index >= 15 is 0 Å². The molecule has 0 aliphatic carbocycles. The fraction of sp³-hybridized carbons (Fsp3) is 0.250. The van der Waals surface area contributed by atoms with E-state index in [-0.39, 0.29) is 17.2 Å². The zero-order chi connectivity index (χ0) is 24.8. The predicted octanol–water partition coefficient (Wildman–Crippen LogP) is 4.14. The van der Waals surface area contributed by atoms with Crippen molar-refractivity contribution in [2.75, 3.05) is 11.4 Å². The van der Waals surface area contributed by atoms with Crippen LogP contribution in [0.4, 0.5) is 5.69 Å². The molecule has 0 aromatic heterocycles. The average molecular weight is 489 g/mol. The summed E-state index contributed by atoms with van der Waals surface area (Å²) in [6.07, 6.45) is 0.703. The van der Waals surface area contributed by atoms with Crippen LogP contribution >= 0.6 is 0 Å². The van der Waals surface area contributed by atoms with E-state index in [1.54, 1.807) is 24.3 Å². The van der Waals surface area contributed by atoms with Crippen molar-refractivity contribution < 1.29 is 18.3 Å². The molecule has 1 spiro atoms. The number of hydrogen-bond acceptors (Lipinski definition) is 5. The molecule has 0 unspecified atom stereocenters. The lowest BCUT2D eigenvalue weighted by Gasteiger charge is -2.35. The van der Waals surface area contributed by atoms with Gasteiger partial charge in [-0.2, -0.15) is 0 Å². The number of nitrogens with zero attached hydrogens (tertiary/aromatic N) is 2. The molecule has 35 heavy (non-hydrogen) atoms. The van der Waals surface area contributed by atoms with Gasteiger partial charge in [0.25, 0.3) is 10.0 Å². The Morgan fingerprint density at radius 3 is 2.37 bits per heavy atom. The van der Waals surface area contributed by atoms with Crippen molar-refractivity contribution >= 4 is 21.5 Å². The van der Waals surface area contributed by atoms with E-state index in [0.717, 1.165) is 22.4 Å². The molecule has 6 nitrogen and oxygen atoms in total. The Morgan fingerprint density at radius 2 is 1.69 bits per heavy atom. The van der Waals surface area contributed by atoms with Crippen LogP contribution in [0.5, 0.6) is 0 Å². The Hall–Kier alpha value is -3.42. The number of hydrogen-bond donors (Lipinski definition) is 1. The molecule has 7 heteroatoms. The molecule has 2 aliphatic rings. The topological polar surface area (TPSA) is 77.9 Å². The van der Waals surface area contributed by atoms with Crippen molar-refractivity contribution in [3.05, 3.63) is 107 Å². The van der Waals surface area contributed by atoms with E-state index in [4.69, 9.17) is 0 Å². The lowest BCUT2D eigenvalue weighted by Crippen LogP contribution is -2.45. The minimum absolute atomic E-state index is 0.163. The number of carbonyl (C=O) groups excluding carboxylic acids is 1. The van der Waals surface area contributed by atoms with E-state index in [1.165, 1.54) is 17.3 Å². The van der Waals surface area contributed by atoms with Gasteiger partial charge in [-0.25, -0.2) is 8.42 Å². The van der Waals surface area contributed by atoms with Gasteiger partial charge in [0.15, 0.2) is 5.78 Å². The number of ketones is 1. The van der Waals surface area contributed by atoms with E-state index in [1.807, 2.05) is 66.4 Å². The molecule has 5 rings (SSSR count). The van der Waals surface area contributed by atoms with Crippen LogP contribution in [-0.2, 0) is 26.8 Å². The maximum absolute atomic E-state index is 13.7. The molecule has 1 fully saturated rings. The van der Waals surface area contributed by atoms with E-state index in [0.29, 0.717) is 18.7 Å². The third kappa shape index (κ3) is 3.75.